The molecular weight excluding hydrogens is 388 g/mol. The van der Waals surface area contributed by atoms with E-state index in [-0.39, 0.29) is 5.41 Å². The van der Waals surface area contributed by atoms with Crippen LogP contribution < -0.4 is 15.6 Å². The summed E-state index contributed by atoms with van der Waals surface area (Å²) in [6.07, 6.45) is 7.44. The first-order valence-corrected chi connectivity index (χ1v) is 13.4. The van der Waals surface area contributed by atoms with Gasteiger partial charge in [-0.1, -0.05) is 128 Å². The third-order valence-electron chi connectivity index (χ3n) is 6.63. The molecule has 1 atom stereocenters. The number of rotatable bonds is 4. The summed E-state index contributed by atoms with van der Waals surface area (Å²) in [5.74, 6) is 0. The minimum Gasteiger partial charge on any atom is -0.0790 e. The first kappa shape index (κ1) is 21.6. The maximum absolute atomic E-state index is 2.57. The van der Waals surface area contributed by atoms with Crippen LogP contribution in [0.25, 0.3) is 0 Å². The first-order chi connectivity index (χ1) is 14.7. The molecule has 4 rings (SSSR count). The summed E-state index contributed by atoms with van der Waals surface area (Å²) >= 11 is 0. The minimum atomic E-state index is -2.37. The molecule has 0 spiro atoms. The molecule has 0 nitrogen and oxygen atoms in total. The molecule has 0 aromatic heterocycles. The fourth-order valence-electron chi connectivity index (χ4n) is 5.03. The number of allylic oxidation sites excluding steroid dienone is 4. The van der Waals surface area contributed by atoms with Gasteiger partial charge in [-0.2, -0.15) is 0 Å². The summed E-state index contributed by atoms with van der Waals surface area (Å²) < 4.78 is 0. The van der Waals surface area contributed by atoms with E-state index in [4.69, 9.17) is 0 Å². The van der Waals surface area contributed by atoms with Gasteiger partial charge in [0.2, 0.25) is 0 Å². The van der Waals surface area contributed by atoms with Gasteiger partial charge in [-0.15, -0.1) is 0 Å². The predicted molar refractivity (Wildman–Crippen MR) is 139 cm³/mol. The maximum Gasteiger partial charge on any atom is 0.158 e. The summed E-state index contributed by atoms with van der Waals surface area (Å²) in [6, 6.07) is 27.8. The Kier molecular flexibility index (Phi) is 5.66. The highest BCUT2D eigenvalue weighted by Crippen LogP contribution is 2.38. The van der Waals surface area contributed by atoms with Crippen LogP contribution in [0.2, 0.25) is 5.54 Å². The van der Waals surface area contributed by atoms with Gasteiger partial charge in [0, 0.05) is 5.54 Å². The van der Waals surface area contributed by atoms with Gasteiger partial charge in [0.25, 0.3) is 0 Å². The zero-order valence-electron chi connectivity index (χ0n) is 19.7. The fraction of sp³-hybridized carbons (Fsp3) is 0.267. The van der Waals surface area contributed by atoms with E-state index in [0.29, 0.717) is 5.54 Å². The van der Waals surface area contributed by atoms with Crippen molar-refractivity contribution in [2.45, 2.75) is 47.1 Å². The molecule has 1 aliphatic rings. The van der Waals surface area contributed by atoms with Crippen LogP contribution in [0, 0.1) is 26.2 Å². The third-order valence-corrected chi connectivity index (χ3v) is 11.7. The van der Waals surface area contributed by atoms with Crippen molar-refractivity contribution >= 4 is 23.6 Å². The second-order valence-corrected chi connectivity index (χ2v) is 14.2. The summed E-state index contributed by atoms with van der Waals surface area (Å²) in [4.78, 5) is 0. The van der Waals surface area contributed by atoms with E-state index in [9.17, 15) is 0 Å². The van der Waals surface area contributed by atoms with Crippen molar-refractivity contribution < 1.29 is 0 Å². The van der Waals surface area contributed by atoms with Crippen LogP contribution in [0.5, 0.6) is 0 Å². The van der Waals surface area contributed by atoms with Crippen molar-refractivity contribution in [3.63, 3.8) is 0 Å². The van der Waals surface area contributed by atoms with E-state index in [1.165, 1.54) is 37.8 Å². The molecule has 31 heavy (non-hydrogen) atoms. The van der Waals surface area contributed by atoms with Crippen molar-refractivity contribution in [3.8, 4) is 0 Å². The molecule has 158 valence electrons. The average molecular weight is 423 g/mol. The van der Waals surface area contributed by atoms with E-state index in [1.807, 2.05) is 0 Å². The van der Waals surface area contributed by atoms with Crippen molar-refractivity contribution in [3.05, 3.63) is 113 Å². The van der Waals surface area contributed by atoms with E-state index in [2.05, 4.69) is 133 Å². The highest BCUT2D eigenvalue weighted by atomic mass is 28.3. The Morgan fingerprint density at radius 2 is 1.06 bits per heavy atom. The molecule has 0 bridgehead atoms. The van der Waals surface area contributed by atoms with Gasteiger partial charge in [-0.25, -0.2) is 0 Å². The second-order valence-electron chi connectivity index (χ2n) is 10.2. The largest absolute Gasteiger partial charge is 0.158 e. The van der Waals surface area contributed by atoms with Crippen LogP contribution >= 0.6 is 0 Å². The summed E-state index contributed by atoms with van der Waals surface area (Å²) in [5, 5.41) is 4.47. The van der Waals surface area contributed by atoms with Crippen LogP contribution in [-0.2, 0) is 0 Å². The molecule has 0 aliphatic heterocycles. The average Bonchev–Trinajstić information content (AvgIpc) is 3.20. The number of aryl methyl sites for hydroxylation is 3. The molecule has 0 amide bonds. The van der Waals surface area contributed by atoms with Crippen LogP contribution in [0.15, 0.2) is 96.6 Å². The smallest absolute Gasteiger partial charge is 0.0790 e. The van der Waals surface area contributed by atoms with Crippen LogP contribution in [-0.4, -0.2) is 8.07 Å². The lowest BCUT2D eigenvalue weighted by molar-refractivity contribution is 0.518. The molecular formula is C30H34Si. The fourth-order valence-corrected chi connectivity index (χ4v) is 10.4. The molecule has 0 radical (unpaired) electrons. The van der Waals surface area contributed by atoms with Gasteiger partial charge in [0.1, 0.15) is 0 Å². The Hall–Kier alpha value is -2.64. The molecule has 0 saturated heterocycles. The van der Waals surface area contributed by atoms with Crippen molar-refractivity contribution in [1.82, 2.24) is 0 Å². The molecule has 1 heteroatoms. The number of hydrogen-bond donors (Lipinski definition) is 0. The Morgan fingerprint density at radius 1 is 0.645 bits per heavy atom. The molecule has 0 N–H and O–H groups in total. The minimum absolute atomic E-state index is 0.150. The van der Waals surface area contributed by atoms with Gasteiger partial charge < -0.3 is 0 Å². The van der Waals surface area contributed by atoms with E-state index >= 15 is 0 Å². The van der Waals surface area contributed by atoms with Gasteiger partial charge in [0.05, 0.1) is 0 Å². The standard InChI is InChI=1S/C30H34Si/c1-22-10-7-13-26(18-22)31(27-14-8-11-23(2)19-27,28-15-9-12-24(3)20-28)29-17-16-25(21-29)30(4,5)6/h7-21,29H,1-6H3. The molecule has 0 saturated carbocycles. The lowest BCUT2D eigenvalue weighted by Gasteiger charge is -2.38. The van der Waals surface area contributed by atoms with E-state index in [1.54, 1.807) is 0 Å². The molecule has 1 unspecified atom stereocenters. The molecule has 3 aromatic carbocycles. The normalized spacial score (nSPS) is 16.5. The summed E-state index contributed by atoms with van der Waals surface area (Å²) in [7, 11) is -2.37. The zero-order valence-corrected chi connectivity index (χ0v) is 20.7. The van der Waals surface area contributed by atoms with Crippen molar-refractivity contribution in [1.29, 1.82) is 0 Å². The molecule has 1 aliphatic carbocycles. The highest BCUT2D eigenvalue weighted by Gasteiger charge is 2.46. The number of benzene rings is 3. The van der Waals surface area contributed by atoms with E-state index in [0.717, 1.165) is 0 Å². The summed E-state index contributed by atoms with van der Waals surface area (Å²) in [5.41, 5.74) is 5.97. The predicted octanol–water partition coefficient (Wildman–Crippen LogP) is 5.99. The lowest BCUT2D eigenvalue weighted by Crippen LogP contribution is -2.69. The first-order valence-electron chi connectivity index (χ1n) is 11.3. The quantitative estimate of drug-likeness (QED) is 0.358. The maximum atomic E-state index is 2.57. The lowest BCUT2D eigenvalue weighted by atomic mass is 9.87. The van der Waals surface area contributed by atoms with Crippen molar-refractivity contribution in [2.75, 3.05) is 0 Å². The Balaban J connectivity index is 2.10. The van der Waals surface area contributed by atoms with Crippen LogP contribution in [0.3, 0.4) is 0 Å². The highest BCUT2D eigenvalue weighted by molar-refractivity contribution is 7.13. The Bertz CT molecular complexity index is 1050. The van der Waals surface area contributed by atoms with Crippen molar-refractivity contribution in [2.24, 2.45) is 5.41 Å². The SMILES string of the molecule is Cc1cccc([Si](c2cccc(C)c2)(c2cccc(C)c2)C2C=CC(C(C)(C)C)=C2)c1. The van der Waals surface area contributed by atoms with Crippen LogP contribution in [0.1, 0.15) is 37.5 Å². The zero-order chi connectivity index (χ0) is 22.2. The van der Waals surface area contributed by atoms with E-state index < -0.39 is 8.07 Å². The topological polar surface area (TPSA) is 0 Å². The van der Waals surface area contributed by atoms with Crippen LogP contribution in [0.4, 0.5) is 0 Å². The number of hydrogen-bond acceptors (Lipinski definition) is 0. The molecule has 0 heterocycles. The monoisotopic (exact) mass is 422 g/mol. The van der Waals surface area contributed by atoms with Gasteiger partial charge in [-0.05, 0) is 47.3 Å². The van der Waals surface area contributed by atoms with Gasteiger partial charge >= 0.3 is 0 Å². The molecule has 0 fully saturated rings. The Labute approximate surface area is 189 Å². The second kappa shape index (κ2) is 8.13. The van der Waals surface area contributed by atoms with Gasteiger partial charge in [-0.3, -0.25) is 0 Å². The third kappa shape index (κ3) is 3.99. The summed E-state index contributed by atoms with van der Waals surface area (Å²) in [6.45, 7) is 13.6. The Morgan fingerprint density at radius 3 is 1.39 bits per heavy atom. The molecule has 3 aromatic rings. The van der Waals surface area contributed by atoms with Gasteiger partial charge in [0.15, 0.2) is 8.07 Å².